The predicted molar refractivity (Wildman–Crippen MR) is 130 cm³/mol. The van der Waals surface area contributed by atoms with Gasteiger partial charge in [0, 0.05) is 17.5 Å². The number of hydrogen-bond donors (Lipinski definition) is 1. The zero-order valence-corrected chi connectivity index (χ0v) is 19.6. The lowest BCUT2D eigenvalue weighted by Gasteiger charge is -2.28. The molecule has 36 heavy (non-hydrogen) atoms. The van der Waals surface area contributed by atoms with E-state index in [1.165, 1.54) is 0 Å². The first kappa shape index (κ1) is 21.7. The molecule has 1 aliphatic heterocycles. The molecule has 1 N–H and O–H groups in total. The largest absolute Gasteiger partial charge is 0.508 e. The molecule has 1 aliphatic rings. The van der Waals surface area contributed by atoms with Crippen molar-refractivity contribution >= 4 is 5.65 Å². The Morgan fingerprint density at radius 2 is 1.61 bits per heavy atom. The fourth-order valence-corrected chi connectivity index (χ4v) is 4.37. The third-order valence-corrected chi connectivity index (χ3v) is 6.11. The highest BCUT2D eigenvalue weighted by atomic mass is 16.5. The molecule has 0 amide bonds. The first-order valence-electron chi connectivity index (χ1n) is 11.3. The summed E-state index contributed by atoms with van der Waals surface area (Å²) in [5, 5.41) is 14.6. The molecule has 180 valence electrons. The van der Waals surface area contributed by atoms with Crippen LogP contribution in [0, 0.1) is 0 Å². The summed E-state index contributed by atoms with van der Waals surface area (Å²) in [5.74, 6) is 3.53. The summed E-state index contributed by atoms with van der Waals surface area (Å²) in [6.45, 7) is 0.182. The lowest BCUT2D eigenvalue weighted by molar-refractivity contribution is 0.295. The Kier molecular flexibility index (Phi) is 5.29. The predicted octanol–water partition coefficient (Wildman–Crippen LogP) is 4.71. The Balaban J connectivity index is 1.41. The molecule has 0 aliphatic carbocycles. The van der Waals surface area contributed by atoms with E-state index in [1.807, 2.05) is 54.6 Å². The monoisotopic (exact) mass is 482 g/mol. The molecule has 3 heterocycles. The van der Waals surface area contributed by atoms with E-state index in [1.54, 1.807) is 37.2 Å². The molecule has 0 saturated heterocycles. The normalized spacial score (nSPS) is 14.0. The van der Waals surface area contributed by atoms with Crippen LogP contribution in [0.2, 0.25) is 0 Å². The number of ether oxygens (including phenoxy) is 4. The van der Waals surface area contributed by atoms with Gasteiger partial charge in [-0.05, 0) is 48.0 Å². The highest BCUT2D eigenvalue weighted by Gasteiger charge is 2.33. The first-order chi connectivity index (χ1) is 17.6. The van der Waals surface area contributed by atoms with Crippen LogP contribution in [0.15, 0.2) is 73.1 Å². The maximum absolute atomic E-state index is 10.1. The molecule has 0 radical (unpaired) electrons. The van der Waals surface area contributed by atoms with E-state index in [4.69, 9.17) is 23.9 Å². The summed E-state index contributed by atoms with van der Waals surface area (Å²) < 4.78 is 24.2. The number of phenols is 1. The first-order valence-corrected chi connectivity index (χ1v) is 11.3. The Bertz CT molecular complexity index is 1550. The van der Waals surface area contributed by atoms with Crippen LogP contribution in [-0.4, -0.2) is 38.9 Å². The van der Waals surface area contributed by atoms with Gasteiger partial charge in [0.15, 0.2) is 11.5 Å². The van der Waals surface area contributed by atoms with E-state index >= 15 is 0 Å². The second-order valence-electron chi connectivity index (χ2n) is 8.25. The molecule has 1 atom stereocenters. The van der Waals surface area contributed by atoms with E-state index in [2.05, 4.69) is 10.1 Å². The minimum atomic E-state index is -0.244. The topological polar surface area (TPSA) is 100 Å². The standard InChI is InChI=1S/C27H22N4O5/c1-33-18-6-3-16(4-7-18)24-21-12-5-17(32)13-22(21)36-27-25(24)26-29-23(30-31(26)15-28-27)14-35-20-10-8-19(34-2)9-11-20/h3-13,15,24,32H,14H2,1-2H3. The molecular weight excluding hydrogens is 460 g/mol. The summed E-state index contributed by atoms with van der Waals surface area (Å²) in [4.78, 5) is 9.30. The summed E-state index contributed by atoms with van der Waals surface area (Å²) in [6.07, 6.45) is 1.57. The van der Waals surface area contributed by atoms with Crippen molar-refractivity contribution in [3.05, 3.63) is 95.6 Å². The van der Waals surface area contributed by atoms with Gasteiger partial charge in [-0.15, -0.1) is 5.10 Å². The van der Waals surface area contributed by atoms with Crippen LogP contribution in [0.1, 0.15) is 28.4 Å². The average molecular weight is 482 g/mol. The van der Waals surface area contributed by atoms with E-state index in [-0.39, 0.29) is 18.3 Å². The molecule has 1 unspecified atom stereocenters. The molecule has 9 heteroatoms. The fraction of sp³-hybridized carbons (Fsp3) is 0.148. The number of aromatic hydroxyl groups is 1. The van der Waals surface area contributed by atoms with Gasteiger partial charge in [0.25, 0.3) is 0 Å². The number of nitrogens with zero attached hydrogens (tertiary/aromatic N) is 4. The van der Waals surface area contributed by atoms with Gasteiger partial charge in [-0.25, -0.2) is 14.5 Å². The van der Waals surface area contributed by atoms with Crippen molar-refractivity contribution in [2.24, 2.45) is 0 Å². The number of fused-ring (bicyclic) bond motifs is 4. The molecule has 0 spiro atoms. The van der Waals surface area contributed by atoms with Crippen molar-refractivity contribution in [2.45, 2.75) is 12.5 Å². The van der Waals surface area contributed by atoms with Gasteiger partial charge in [-0.2, -0.15) is 0 Å². The molecule has 2 aromatic heterocycles. The van der Waals surface area contributed by atoms with Crippen LogP contribution in [0.4, 0.5) is 0 Å². The number of benzene rings is 3. The molecule has 6 rings (SSSR count). The van der Waals surface area contributed by atoms with Crippen molar-refractivity contribution < 1.29 is 24.1 Å². The van der Waals surface area contributed by atoms with Crippen molar-refractivity contribution in [3.63, 3.8) is 0 Å². The quantitative estimate of drug-likeness (QED) is 0.364. The second-order valence-corrected chi connectivity index (χ2v) is 8.25. The van der Waals surface area contributed by atoms with Crippen LogP contribution in [0.3, 0.4) is 0 Å². The number of aromatic nitrogens is 4. The SMILES string of the molecule is COc1ccc(OCc2nc3c4c(ncn3n2)Oc2cc(O)ccc2C4c2ccc(OC)cc2)cc1. The maximum Gasteiger partial charge on any atom is 0.228 e. The molecule has 9 nitrogen and oxygen atoms in total. The number of phenolic OH excluding ortho intramolecular Hbond substituents is 1. The molecule has 3 aromatic carbocycles. The number of methoxy groups -OCH3 is 2. The van der Waals surface area contributed by atoms with E-state index < -0.39 is 0 Å². The highest BCUT2D eigenvalue weighted by molar-refractivity contribution is 5.66. The van der Waals surface area contributed by atoms with E-state index in [0.717, 1.165) is 28.2 Å². The number of hydrogen-bond acceptors (Lipinski definition) is 8. The lowest BCUT2D eigenvalue weighted by Crippen LogP contribution is -2.15. The van der Waals surface area contributed by atoms with Crippen molar-refractivity contribution in [1.29, 1.82) is 0 Å². The Morgan fingerprint density at radius 3 is 2.33 bits per heavy atom. The molecule has 0 bridgehead atoms. The van der Waals surface area contributed by atoms with Gasteiger partial charge in [0.1, 0.15) is 41.7 Å². The Hall–Kier alpha value is -4.79. The Labute approximate surface area is 206 Å². The van der Waals surface area contributed by atoms with Crippen LogP contribution in [0.25, 0.3) is 5.65 Å². The third kappa shape index (κ3) is 3.80. The van der Waals surface area contributed by atoms with Gasteiger partial charge < -0.3 is 24.1 Å². The van der Waals surface area contributed by atoms with Crippen molar-refractivity contribution in [1.82, 2.24) is 19.6 Å². The third-order valence-electron chi connectivity index (χ3n) is 6.11. The van der Waals surface area contributed by atoms with Gasteiger partial charge in [0.05, 0.1) is 19.8 Å². The Morgan fingerprint density at radius 1 is 0.917 bits per heavy atom. The zero-order valence-electron chi connectivity index (χ0n) is 19.6. The van der Waals surface area contributed by atoms with E-state index in [9.17, 15) is 5.11 Å². The summed E-state index contributed by atoms with van der Waals surface area (Å²) in [5.41, 5.74) is 3.29. The highest BCUT2D eigenvalue weighted by Crippen LogP contribution is 2.48. The van der Waals surface area contributed by atoms with Gasteiger partial charge >= 0.3 is 0 Å². The maximum atomic E-state index is 10.1. The minimum absolute atomic E-state index is 0.118. The van der Waals surface area contributed by atoms with Crippen molar-refractivity contribution in [2.75, 3.05) is 14.2 Å². The number of rotatable bonds is 6. The van der Waals surface area contributed by atoms with Gasteiger partial charge in [0.2, 0.25) is 5.88 Å². The van der Waals surface area contributed by atoms with Gasteiger partial charge in [-0.3, -0.25) is 0 Å². The lowest BCUT2D eigenvalue weighted by atomic mass is 9.84. The summed E-state index contributed by atoms with van der Waals surface area (Å²) in [7, 11) is 3.26. The molecular formula is C27H22N4O5. The van der Waals surface area contributed by atoms with Crippen LogP contribution < -0.4 is 18.9 Å². The summed E-state index contributed by atoms with van der Waals surface area (Å²) >= 11 is 0. The molecule has 5 aromatic rings. The minimum Gasteiger partial charge on any atom is -0.508 e. The van der Waals surface area contributed by atoms with E-state index in [0.29, 0.717) is 28.9 Å². The zero-order chi connectivity index (χ0) is 24.6. The van der Waals surface area contributed by atoms with Crippen LogP contribution in [0.5, 0.6) is 34.6 Å². The van der Waals surface area contributed by atoms with Crippen LogP contribution >= 0.6 is 0 Å². The average Bonchev–Trinajstić information content (AvgIpc) is 3.34. The smallest absolute Gasteiger partial charge is 0.228 e. The van der Waals surface area contributed by atoms with Gasteiger partial charge in [-0.1, -0.05) is 18.2 Å². The van der Waals surface area contributed by atoms with Crippen LogP contribution in [-0.2, 0) is 6.61 Å². The molecule has 0 saturated carbocycles. The fourth-order valence-electron chi connectivity index (χ4n) is 4.37. The van der Waals surface area contributed by atoms with Crippen molar-refractivity contribution in [3.8, 4) is 34.6 Å². The second kappa shape index (κ2) is 8.77. The summed E-state index contributed by atoms with van der Waals surface area (Å²) in [6, 6.07) is 20.3. The molecule has 0 fully saturated rings.